The number of carbonyl (C=O) groups excluding carboxylic acids is 2. The number of aryl methyl sites for hydroxylation is 1. The summed E-state index contributed by atoms with van der Waals surface area (Å²) in [6, 6.07) is 7.74. The maximum absolute atomic E-state index is 12.5. The lowest BCUT2D eigenvalue weighted by molar-refractivity contribution is -0.122. The van der Waals surface area contributed by atoms with Crippen molar-refractivity contribution >= 4 is 23.0 Å². The Bertz CT molecular complexity index is 1170. The normalized spacial score (nSPS) is 10.9. The molecule has 0 unspecified atom stereocenters. The van der Waals surface area contributed by atoms with Crippen molar-refractivity contribution in [3.05, 3.63) is 62.6 Å². The first-order chi connectivity index (χ1) is 13.3. The van der Waals surface area contributed by atoms with Crippen molar-refractivity contribution in [2.75, 3.05) is 0 Å². The molecule has 28 heavy (non-hydrogen) atoms. The fourth-order valence-corrected chi connectivity index (χ4v) is 2.84. The van der Waals surface area contributed by atoms with Crippen LogP contribution in [-0.4, -0.2) is 30.5 Å². The van der Waals surface area contributed by atoms with Crippen molar-refractivity contribution in [1.29, 1.82) is 0 Å². The lowest BCUT2D eigenvalue weighted by atomic mass is 10.1. The van der Waals surface area contributed by atoms with Crippen LogP contribution in [0.1, 0.15) is 11.1 Å². The average molecular weight is 384 g/mol. The van der Waals surface area contributed by atoms with Crippen LogP contribution < -0.4 is 22.3 Å². The molecule has 0 saturated carbocycles. The molecule has 0 spiro atoms. The maximum atomic E-state index is 12.5. The van der Waals surface area contributed by atoms with Crippen LogP contribution in [0, 0.1) is 6.92 Å². The Hall–Kier alpha value is -3.69. The zero-order valence-electron chi connectivity index (χ0n) is 15.5. The van der Waals surface area contributed by atoms with Gasteiger partial charge in [-0.2, -0.15) is 0 Å². The molecule has 3 aromatic rings. The minimum Gasteiger partial charge on any atom is -0.368 e. The molecule has 2 aromatic heterocycles. The molecule has 0 aliphatic carbocycles. The number of hydrogen-bond donors (Lipinski definition) is 2. The molecule has 2 heterocycles. The van der Waals surface area contributed by atoms with Gasteiger partial charge >= 0.3 is 5.69 Å². The number of nitrogens with zero attached hydrogens (tertiary/aromatic N) is 4. The van der Waals surface area contributed by atoms with Gasteiger partial charge in [-0.15, -0.1) is 0 Å². The van der Waals surface area contributed by atoms with Gasteiger partial charge in [0, 0.05) is 13.6 Å². The number of amides is 2. The Labute approximate surface area is 159 Å². The van der Waals surface area contributed by atoms with E-state index in [4.69, 9.17) is 5.73 Å². The van der Waals surface area contributed by atoms with E-state index >= 15 is 0 Å². The molecule has 0 saturated heterocycles. The van der Waals surface area contributed by atoms with Gasteiger partial charge in [-0.25, -0.2) is 9.78 Å². The van der Waals surface area contributed by atoms with Crippen molar-refractivity contribution in [3.8, 4) is 0 Å². The first kappa shape index (κ1) is 19.1. The van der Waals surface area contributed by atoms with E-state index in [2.05, 4.69) is 10.3 Å². The standard InChI is InChI=1S/C18H20N6O4/c1-11-3-5-12(6-4-11)7-20-14(26)9-23-10-21-16-15(23)17(27)22(2)18(28)24(16)8-13(19)25/h3-6,10H,7-9H2,1-2H3,(H2,19,25)(H,20,26). The topological polar surface area (TPSA) is 134 Å². The molecule has 2 amide bonds. The molecule has 0 fully saturated rings. The second-order valence-electron chi connectivity index (χ2n) is 6.51. The van der Waals surface area contributed by atoms with Crippen molar-refractivity contribution in [3.63, 3.8) is 0 Å². The lowest BCUT2D eigenvalue weighted by Gasteiger charge is -2.09. The van der Waals surface area contributed by atoms with Gasteiger partial charge in [0.05, 0.1) is 6.33 Å². The summed E-state index contributed by atoms with van der Waals surface area (Å²) in [6.07, 6.45) is 1.29. The molecule has 146 valence electrons. The second-order valence-corrected chi connectivity index (χ2v) is 6.51. The molecule has 0 aliphatic heterocycles. The highest BCUT2D eigenvalue weighted by molar-refractivity contribution is 5.80. The number of aromatic nitrogens is 4. The van der Waals surface area contributed by atoms with Crippen LogP contribution in [0.2, 0.25) is 0 Å². The second kappa shape index (κ2) is 7.51. The minimum absolute atomic E-state index is 0.0123. The first-order valence-electron chi connectivity index (χ1n) is 8.53. The predicted molar refractivity (Wildman–Crippen MR) is 101 cm³/mol. The van der Waals surface area contributed by atoms with Crippen LogP contribution in [0.5, 0.6) is 0 Å². The molecular weight excluding hydrogens is 364 g/mol. The fraction of sp³-hybridized carbons (Fsp3) is 0.278. The van der Waals surface area contributed by atoms with Crippen molar-refractivity contribution < 1.29 is 9.59 Å². The van der Waals surface area contributed by atoms with E-state index in [-0.39, 0.29) is 23.6 Å². The summed E-state index contributed by atoms with van der Waals surface area (Å²) in [7, 11) is 1.29. The third kappa shape index (κ3) is 3.70. The molecule has 0 radical (unpaired) electrons. The van der Waals surface area contributed by atoms with Gasteiger partial charge in [0.15, 0.2) is 11.2 Å². The molecule has 0 bridgehead atoms. The monoisotopic (exact) mass is 384 g/mol. The summed E-state index contributed by atoms with van der Waals surface area (Å²) in [4.78, 5) is 52.4. The van der Waals surface area contributed by atoms with Gasteiger partial charge < -0.3 is 15.6 Å². The average Bonchev–Trinajstić information content (AvgIpc) is 3.06. The van der Waals surface area contributed by atoms with E-state index in [0.717, 1.165) is 20.3 Å². The van der Waals surface area contributed by atoms with E-state index in [0.29, 0.717) is 6.54 Å². The highest BCUT2D eigenvalue weighted by Gasteiger charge is 2.18. The number of hydrogen-bond acceptors (Lipinski definition) is 5. The summed E-state index contributed by atoms with van der Waals surface area (Å²) in [5.74, 6) is -1.07. The summed E-state index contributed by atoms with van der Waals surface area (Å²) in [6.45, 7) is 1.74. The Morgan fingerprint density at radius 1 is 1.14 bits per heavy atom. The van der Waals surface area contributed by atoms with E-state index in [1.54, 1.807) is 0 Å². The maximum Gasteiger partial charge on any atom is 0.332 e. The van der Waals surface area contributed by atoms with E-state index in [9.17, 15) is 19.2 Å². The number of imidazole rings is 1. The molecular formula is C18H20N6O4. The molecule has 10 heteroatoms. The Kier molecular flexibility index (Phi) is 5.12. The number of carbonyl (C=O) groups is 2. The van der Waals surface area contributed by atoms with Crippen LogP contribution in [0.4, 0.5) is 0 Å². The molecule has 1 aromatic carbocycles. The number of rotatable bonds is 6. The quantitative estimate of drug-likeness (QED) is 0.563. The van der Waals surface area contributed by atoms with Gasteiger partial charge in [-0.3, -0.25) is 23.5 Å². The minimum atomic E-state index is -0.743. The van der Waals surface area contributed by atoms with Gasteiger partial charge in [0.1, 0.15) is 13.1 Å². The van der Waals surface area contributed by atoms with Gasteiger partial charge in [0.2, 0.25) is 11.8 Å². The first-order valence-corrected chi connectivity index (χ1v) is 8.53. The van der Waals surface area contributed by atoms with Crippen LogP contribution in [0.3, 0.4) is 0 Å². The van der Waals surface area contributed by atoms with Crippen LogP contribution in [-0.2, 0) is 36.3 Å². The molecule has 0 aliphatic rings. The Morgan fingerprint density at radius 3 is 2.46 bits per heavy atom. The van der Waals surface area contributed by atoms with Crippen LogP contribution in [0.25, 0.3) is 11.2 Å². The summed E-state index contributed by atoms with van der Waals surface area (Å²) in [5.41, 5.74) is 6.00. The zero-order valence-corrected chi connectivity index (χ0v) is 15.5. The summed E-state index contributed by atoms with van der Waals surface area (Å²) < 4.78 is 3.21. The summed E-state index contributed by atoms with van der Waals surface area (Å²) in [5, 5.41) is 2.77. The van der Waals surface area contributed by atoms with E-state index in [1.165, 1.54) is 17.9 Å². The zero-order chi connectivity index (χ0) is 20.4. The van der Waals surface area contributed by atoms with Crippen LogP contribution in [0.15, 0.2) is 40.2 Å². The largest absolute Gasteiger partial charge is 0.368 e. The number of nitrogens with two attached hydrogens (primary N) is 1. The molecule has 3 N–H and O–H groups in total. The highest BCUT2D eigenvalue weighted by Crippen LogP contribution is 2.07. The molecule has 10 nitrogen and oxygen atoms in total. The number of nitrogens with one attached hydrogen (secondary N) is 1. The molecule has 3 rings (SSSR count). The van der Waals surface area contributed by atoms with Gasteiger partial charge in [0.25, 0.3) is 5.56 Å². The highest BCUT2D eigenvalue weighted by atomic mass is 16.2. The van der Waals surface area contributed by atoms with Crippen molar-refractivity contribution in [2.45, 2.75) is 26.6 Å². The third-order valence-electron chi connectivity index (χ3n) is 4.34. The summed E-state index contributed by atoms with van der Waals surface area (Å²) >= 11 is 0. The lowest BCUT2D eigenvalue weighted by Crippen LogP contribution is -2.41. The SMILES string of the molecule is Cc1ccc(CNC(=O)Cn2cnc3c2c(=O)n(C)c(=O)n3CC(N)=O)cc1. The number of primary amides is 1. The fourth-order valence-electron chi connectivity index (χ4n) is 2.84. The van der Waals surface area contributed by atoms with Gasteiger partial charge in [-0.05, 0) is 12.5 Å². The number of fused-ring (bicyclic) bond motifs is 1. The predicted octanol–water partition coefficient (Wildman–Crippen LogP) is -0.993. The smallest absolute Gasteiger partial charge is 0.332 e. The van der Waals surface area contributed by atoms with Crippen LogP contribution >= 0.6 is 0 Å². The molecule has 0 atom stereocenters. The van der Waals surface area contributed by atoms with E-state index in [1.807, 2.05) is 31.2 Å². The Morgan fingerprint density at radius 2 is 1.82 bits per heavy atom. The van der Waals surface area contributed by atoms with E-state index < -0.39 is 23.7 Å². The van der Waals surface area contributed by atoms with Crippen molar-refractivity contribution in [1.82, 2.24) is 24.0 Å². The third-order valence-corrected chi connectivity index (χ3v) is 4.34. The van der Waals surface area contributed by atoms with Gasteiger partial charge in [-0.1, -0.05) is 29.8 Å². The van der Waals surface area contributed by atoms with Crippen molar-refractivity contribution in [2.24, 2.45) is 12.8 Å². The number of benzene rings is 1. The Balaban J connectivity index is 1.87.